The van der Waals surface area contributed by atoms with Gasteiger partial charge in [0.1, 0.15) is 12.1 Å². The molecule has 14 heteroatoms. The van der Waals surface area contributed by atoms with Crippen molar-refractivity contribution < 1.29 is 29.1 Å². The molecule has 0 unspecified atom stereocenters. The number of hydrogen-bond acceptors (Lipinski definition) is 7. The Morgan fingerprint density at radius 2 is 1.33 bits per heavy atom. The smallest absolute Gasteiger partial charge is 0.326 e. The van der Waals surface area contributed by atoms with E-state index < -0.39 is 47.7 Å². The van der Waals surface area contributed by atoms with Crippen LogP contribution in [0, 0.1) is 5.41 Å². The summed E-state index contributed by atoms with van der Waals surface area (Å²) in [5.74, 6) is -4.62. The van der Waals surface area contributed by atoms with E-state index in [1.165, 1.54) is 0 Å². The number of nitrogens with one attached hydrogen (secondary N) is 4. The fourth-order valence-corrected chi connectivity index (χ4v) is 2.33. The van der Waals surface area contributed by atoms with Crippen molar-refractivity contribution in [2.24, 2.45) is 22.9 Å². The van der Waals surface area contributed by atoms with Crippen LogP contribution < -0.4 is 38.9 Å². The van der Waals surface area contributed by atoms with Crippen LogP contribution in [0.4, 0.5) is 0 Å². The first-order chi connectivity index (χ1) is 13.9. The summed E-state index contributed by atoms with van der Waals surface area (Å²) < 4.78 is 0. The molecule has 0 aliphatic rings. The molecule has 0 bridgehead atoms. The molecular weight excluding hydrogens is 400 g/mol. The summed E-state index contributed by atoms with van der Waals surface area (Å²) in [4.78, 5) is 57.9. The molecule has 0 saturated heterocycles. The van der Waals surface area contributed by atoms with Crippen molar-refractivity contribution in [3.63, 3.8) is 0 Å². The average molecular weight is 430 g/mol. The quantitative estimate of drug-likeness (QED) is 0.0697. The van der Waals surface area contributed by atoms with Gasteiger partial charge in [-0.05, 0) is 25.7 Å². The highest BCUT2D eigenvalue weighted by molar-refractivity contribution is 5.92. The number of carboxylic acid groups (broad SMARTS) is 1. The molecule has 0 aromatic rings. The minimum absolute atomic E-state index is 0.173. The minimum atomic E-state index is -1.41. The molecule has 0 radical (unpaired) electrons. The number of carboxylic acids is 1. The van der Waals surface area contributed by atoms with Gasteiger partial charge in [0.15, 0.2) is 5.96 Å². The summed E-state index contributed by atoms with van der Waals surface area (Å²) in [6.07, 6.45) is -0.291. The fraction of sp³-hybridized carbons (Fsp3) is 0.625. The van der Waals surface area contributed by atoms with E-state index in [2.05, 4.69) is 16.0 Å². The monoisotopic (exact) mass is 430 g/mol. The van der Waals surface area contributed by atoms with Crippen molar-refractivity contribution in [3.05, 3.63) is 0 Å². The van der Waals surface area contributed by atoms with Crippen LogP contribution in [0.25, 0.3) is 0 Å². The van der Waals surface area contributed by atoms with E-state index >= 15 is 0 Å². The van der Waals surface area contributed by atoms with Crippen molar-refractivity contribution in [2.75, 3.05) is 6.54 Å². The number of carbonyl (C=O) groups is 5. The highest BCUT2D eigenvalue weighted by Gasteiger charge is 2.28. The molecular formula is C16H30N8O6. The van der Waals surface area contributed by atoms with Gasteiger partial charge in [-0.25, -0.2) is 4.79 Å². The lowest BCUT2D eigenvalue weighted by atomic mass is 10.1. The molecule has 0 aromatic carbocycles. The predicted octanol–water partition coefficient (Wildman–Crippen LogP) is -3.84. The first kappa shape index (κ1) is 26.6. The van der Waals surface area contributed by atoms with E-state index in [0.29, 0.717) is 13.0 Å². The molecule has 0 aliphatic heterocycles. The maximum Gasteiger partial charge on any atom is 0.326 e. The van der Waals surface area contributed by atoms with Crippen LogP contribution in [0.1, 0.15) is 38.5 Å². The van der Waals surface area contributed by atoms with Gasteiger partial charge in [-0.2, -0.15) is 0 Å². The van der Waals surface area contributed by atoms with Crippen molar-refractivity contribution >= 4 is 35.6 Å². The Labute approximate surface area is 173 Å². The Morgan fingerprint density at radius 3 is 1.80 bits per heavy atom. The molecule has 0 rings (SSSR count). The van der Waals surface area contributed by atoms with Crippen molar-refractivity contribution in [2.45, 2.75) is 56.7 Å². The third-order valence-corrected chi connectivity index (χ3v) is 3.95. The van der Waals surface area contributed by atoms with E-state index in [1.54, 1.807) is 0 Å². The van der Waals surface area contributed by atoms with Gasteiger partial charge in [0.25, 0.3) is 0 Å². The number of nitrogens with two attached hydrogens (primary N) is 4. The SMILES string of the molecule is N=C(N)NCCC[C@H](N)C(=O)N[C@@H](CCC(N)=O)C(=O)N[C@@H](CCC(N)=O)C(=O)O. The third-order valence-electron chi connectivity index (χ3n) is 3.95. The molecule has 0 spiro atoms. The van der Waals surface area contributed by atoms with Crippen LogP contribution in [0.2, 0.25) is 0 Å². The lowest BCUT2D eigenvalue weighted by Crippen LogP contribution is -2.54. The molecule has 14 nitrogen and oxygen atoms in total. The summed E-state index contributed by atoms with van der Waals surface area (Å²) in [6, 6.07) is -3.67. The summed E-state index contributed by atoms with van der Waals surface area (Å²) in [5, 5.41) is 23.3. The molecule has 3 atom stereocenters. The molecule has 0 aromatic heterocycles. The predicted molar refractivity (Wildman–Crippen MR) is 105 cm³/mol. The first-order valence-corrected chi connectivity index (χ1v) is 9.17. The topological polar surface area (TPSA) is 270 Å². The second-order valence-electron chi connectivity index (χ2n) is 6.56. The Morgan fingerprint density at radius 1 is 0.833 bits per heavy atom. The summed E-state index contributed by atoms with van der Waals surface area (Å²) in [5.41, 5.74) is 21.0. The Hall–Kier alpha value is -3.42. The Bertz CT molecular complexity index is 656. The molecule has 0 heterocycles. The van der Waals surface area contributed by atoms with E-state index in [0.717, 1.165) is 0 Å². The molecule has 0 aliphatic carbocycles. The molecule has 13 N–H and O–H groups in total. The van der Waals surface area contributed by atoms with Crippen LogP contribution >= 0.6 is 0 Å². The van der Waals surface area contributed by atoms with E-state index in [9.17, 15) is 29.1 Å². The highest BCUT2D eigenvalue weighted by Crippen LogP contribution is 2.04. The van der Waals surface area contributed by atoms with Gasteiger partial charge in [-0.15, -0.1) is 0 Å². The van der Waals surface area contributed by atoms with Crippen LogP contribution in [0.3, 0.4) is 0 Å². The maximum atomic E-state index is 12.5. The second-order valence-corrected chi connectivity index (χ2v) is 6.56. The van der Waals surface area contributed by atoms with Crippen LogP contribution in [-0.2, 0) is 24.0 Å². The van der Waals surface area contributed by atoms with Gasteiger partial charge in [0.2, 0.25) is 23.6 Å². The van der Waals surface area contributed by atoms with E-state index in [4.69, 9.17) is 28.3 Å². The number of amides is 4. The number of hydrogen-bond donors (Lipinski definition) is 9. The van der Waals surface area contributed by atoms with Gasteiger partial charge in [0, 0.05) is 19.4 Å². The molecule has 0 saturated carbocycles. The maximum absolute atomic E-state index is 12.5. The van der Waals surface area contributed by atoms with Crippen LogP contribution in [0.15, 0.2) is 0 Å². The van der Waals surface area contributed by atoms with Gasteiger partial charge in [-0.3, -0.25) is 24.6 Å². The Balaban J connectivity index is 4.97. The zero-order valence-electron chi connectivity index (χ0n) is 16.5. The number of guanidine groups is 1. The summed E-state index contributed by atoms with van der Waals surface area (Å²) in [7, 11) is 0. The van der Waals surface area contributed by atoms with Crippen molar-refractivity contribution in [1.82, 2.24) is 16.0 Å². The highest BCUT2D eigenvalue weighted by atomic mass is 16.4. The van der Waals surface area contributed by atoms with E-state index in [-0.39, 0.29) is 38.1 Å². The lowest BCUT2D eigenvalue weighted by Gasteiger charge is -2.22. The van der Waals surface area contributed by atoms with Crippen molar-refractivity contribution in [3.8, 4) is 0 Å². The van der Waals surface area contributed by atoms with Gasteiger partial charge in [-0.1, -0.05) is 0 Å². The number of carbonyl (C=O) groups excluding carboxylic acids is 4. The Kier molecular flexibility index (Phi) is 12.1. The number of aliphatic carboxylic acids is 1. The van der Waals surface area contributed by atoms with Crippen LogP contribution in [0.5, 0.6) is 0 Å². The summed E-state index contributed by atoms with van der Waals surface area (Å²) >= 11 is 0. The van der Waals surface area contributed by atoms with Gasteiger partial charge >= 0.3 is 5.97 Å². The van der Waals surface area contributed by atoms with Gasteiger partial charge in [0.05, 0.1) is 6.04 Å². The van der Waals surface area contributed by atoms with E-state index in [1.807, 2.05) is 0 Å². The lowest BCUT2D eigenvalue weighted by molar-refractivity contribution is -0.142. The largest absolute Gasteiger partial charge is 0.480 e. The molecule has 4 amide bonds. The second kappa shape index (κ2) is 13.7. The number of primary amides is 2. The number of rotatable bonds is 15. The van der Waals surface area contributed by atoms with Crippen LogP contribution in [-0.4, -0.2) is 65.3 Å². The average Bonchev–Trinajstić information content (AvgIpc) is 2.64. The van der Waals surface area contributed by atoms with Gasteiger partial charge < -0.3 is 44.0 Å². The normalized spacial score (nSPS) is 13.4. The third kappa shape index (κ3) is 12.1. The molecule has 170 valence electrons. The first-order valence-electron chi connectivity index (χ1n) is 9.17. The zero-order valence-corrected chi connectivity index (χ0v) is 16.5. The standard InChI is InChI=1S/C16H30N8O6/c17-8(2-1-7-22-16(20)21)13(27)23-9(3-5-11(18)25)14(28)24-10(15(29)30)4-6-12(19)26/h8-10H,1-7,17H2,(H2,18,25)(H2,19,26)(H,23,27)(H,24,28)(H,29,30)(H4,20,21,22)/t8-,9-,10-/m0/s1. The molecule has 30 heavy (non-hydrogen) atoms. The molecule has 0 fully saturated rings. The minimum Gasteiger partial charge on any atom is -0.480 e. The zero-order chi connectivity index (χ0) is 23.3. The van der Waals surface area contributed by atoms with Crippen molar-refractivity contribution in [1.29, 1.82) is 5.41 Å². The fourth-order valence-electron chi connectivity index (χ4n) is 2.33. The summed E-state index contributed by atoms with van der Waals surface area (Å²) in [6.45, 7) is 0.321.